The Kier molecular flexibility index (Phi) is 4.97. The number of carbonyl (C=O) groups is 2. The van der Waals surface area contributed by atoms with E-state index in [2.05, 4.69) is 0 Å². The number of carbonyl (C=O) groups excluding carboxylic acids is 1. The van der Waals surface area contributed by atoms with Gasteiger partial charge in [-0.25, -0.2) is 9.59 Å². The minimum absolute atomic E-state index is 0.166. The fraction of sp³-hybridized carbons (Fsp3) is 0.714. The average Bonchev–Trinajstić information content (AvgIpc) is 2.70. The molecule has 19 heavy (non-hydrogen) atoms. The minimum atomic E-state index is -0.918. The van der Waals surface area contributed by atoms with E-state index >= 15 is 0 Å². The zero-order valence-electron chi connectivity index (χ0n) is 12.1. The van der Waals surface area contributed by atoms with Crippen LogP contribution in [0.5, 0.6) is 0 Å². The van der Waals surface area contributed by atoms with Crippen molar-refractivity contribution in [2.75, 3.05) is 6.54 Å². The summed E-state index contributed by atoms with van der Waals surface area (Å²) in [5.74, 6) is -0.918. The van der Waals surface area contributed by atoms with Crippen molar-refractivity contribution < 1.29 is 19.4 Å². The normalized spacial score (nSPS) is 20.5. The summed E-state index contributed by atoms with van der Waals surface area (Å²) in [7, 11) is 0. The minimum Gasteiger partial charge on any atom is -0.478 e. The number of rotatable bonds is 3. The maximum absolute atomic E-state index is 12.0. The van der Waals surface area contributed by atoms with Crippen LogP contribution in [-0.2, 0) is 9.53 Å². The van der Waals surface area contributed by atoms with E-state index in [4.69, 9.17) is 9.84 Å². The first kappa shape index (κ1) is 15.5. The van der Waals surface area contributed by atoms with Crippen LogP contribution in [0.2, 0.25) is 0 Å². The Hall–Kier alpha value is -1.52. The summed E-state index contributed by atoms with van der Waals surface area (Å²) in [5, 5.41) is 9.04. The van der Waals surface area contributed by atoms with E-state index in [0.717, 1.165) is 12.8 Å². The number of carboxylic acids is 1. The Balaban J connectivity index is 2.79. The number of hydrogen-bond donors (Lipinski definition) is 1. The first-order valence-corrected chi connectivity index (χ1v) is 6.68. The van der Waals surface area contributed by atoms with Crippen molar-refractivity contribution >= 4 is 12.1 Å². The summed E-state index contributed by atoms with van der Waals surface area (Å²) < 4.78 is 5.34. The van der Waals surface area contributed by atoms with E-state index in [1.807, 2.05) is 20.8 Å². The van der Waals surface area contributed by atoms with Crippen molar-refractivity contribution in [1.29, 1.82) is 0 Å². The molecule has 0 bridgehead atoms. The molecular formula is C14H23NO4. The monoisotopic (exact) mass is 269 g/mol. The molecular weight excluding hydrogens is 246 g/mol. The number of hydrogen-bond acceptors (Lipinski definition) is 3. The summed E-state index contributed by atoms with van der Waals surface area (Å²) in [6.45, 7) is 7.88. The second kappa shape index (κ2) is 6.08. The summed E-state index contributed by atoms with van der Waals surface area (Å²) in [4.78, 5) is 24.7. The summed E-state index contributed by atoms with van der Waals surface area (Å²) in [5.41, 5.74) is -0.186. The molecule has 0 saturated carbocycles. The highest BCUT2D eigenvalue weighted by atomic mass is 16.6. The van der Waals surface area contributed by atoms with Crippen LogP contribution in [0.25, 0.3) is 0 Å². The second-order valence-electron chi connectivity index (χ2n) is 5.73. The van der Waals surface area contributed by atoms with Crippen LogP contribution in [0.3, 0.4) is 0 Å². The molecule has 1 aliphatic rings. The van der Waals surface area contributed by atoms with Gasteiger partial charge in [0, 0.05) is 12.1 Å². The van der Waals surface area contributed by atoms with Gasteiger partial charge in [-0.1, -0.05) is 13.0 Å². The fourth-order valence-electron chi connectivity index (χ4n) is 2.09. The molecule has 1 saturated heterocycles. The standard InChI is InChI=1S/C14H23NO4/c1-5-10(12(16)17)9-11-7-6-8-15(11)13(18)19-14(2,3)4/h9,11H,5-8H2,1-4H3,(H,16,17). The lowest BCUT2D eigenvalue weighted by molar-refractivity contribution is -0.132. The van der Waals surface area contributed by atoms with E-state index in [9.17, 15) is 9.59 Å². The van der Waals surface area contributed by atoms with Gasteiger partial charge in [-0.2, -0.15) is 0 Å². The number of carboxylic acid groups (broad SMARTS) is 1. The first-order valence-electron chi connectivity index (χ1n) is 6.68. The molecule has 5 heteroatoms. The second-order valence-corrected chi connectivity index (χ2v) is 5.73. The lowest BCUT2D eigenvalue weighted by Gasteiger charge is -2.27. The van der Waals surface area contributed by atoms with Gasteiger partial charge in [-0.15, -0.1) is 0 Å². The lowest BCUT2D eigenvalue weighted by Crippen LogP contribution is -2.39. The summed E-state index contributed by atoms with van der Waals surface area (Å²) in [6, 6.07) is -0.166. The molecule has 0 spiro atoms. The van der Waals surface area contributed by atoms with Gasteiger partial charge < -0.3 is 14.7 Å². The Morgan fingerprint density at radius 1 is 1.42 bits per heavy atom. The van der Waals surface area contributed by atoms with E-state index in [-0.39, 0.29) is 12.1 Å². The van der Waals surface area contributed by atoms with Gasteiger partial charge >= 0.3 is 12.1 Å². The molecule has 1 aliphatic heterocycles. The van der Waals surface area contributed by atoms with Gasteiger partial charge in [0.25, 0.3) is 0 Å². The molecule has 1 N–H and O–H groups in total. The van der Waals surface area contributed by atoms with Gasteiger partial charge in [-0.3, -0.25) is 0 Å². The highest BCUT2D eigenvalue weighted by Gasteiger charge is 2.31. The Labute approximate surface area is 114 Å². The van der Waals surface area contributed by atoms with Crippen molar-refractivity contribution in [3.8, 4) is 0 Å². The predicted molar refractivity (Wildman–Crippen MR) is 72.0 cm³/mol. The Morgan fingerprint density at radius 3 is 2.53 bits per heavy atom. The average molecular weight is 269 g/mol. The van der Waals surface area contributed by atoms with Crippen LogP contribution in [0, 0.1) is 0 Å². The molecule has 1 rings (SSSR count). The van der Waals surface area contributed by atoms with Crippen LogP contribution >= 0.6 is 0 Å². The summed E-state index contributed by atoms with van der Waals surface area (Å²) >= 11 is 0. The summed E-state index contributed by atoms with van der Waals surface area (Å²) in [6.07, 6.45) is 3.42. The largest absolute Gasteiger partial charge is 0.478 e. The van der Waals surface area contributed by atoms with Crippen LogP contribution in [0.4, 0.5) is 4.79 Å². The molecule has 5 nitrogen and oxygen atoms in total. The molecule has 1 unspecified atom stereocenters. The van der Waals surface area contributed by atoms with Crippen molar-refractivity contribution in [3.05, 3.63) is 11.6 Å². The van der Waals surface area contributed by atoms with Crippen molar-refractivity contribution in [2.24, 2.45) is 0 Å². The third-order valence-electron chi connectivity index (χ3n) is 2.98. The van der Waals surface area contributed by atoms with E-state index < -0.39 is 11.6 Å². The van der Waals surface area contributed by atoms with Gasteiger partial charge in [0.15, 0.2) is 0 Å². The maximum atomic E-state index is 12.0. The molecule has 0 aromatic heterocycles. The molecule has 108 valence electrons. The molecule has 0 aromatic rings. The molecule has 1 amide bonds. The zero-order chi connectivity index (χ0) is 14.6. The Morgan fingerprint density at radius 2 is 2.05 bits per heavy atom. The number of ether oxygens (including phenoxy) is 1. The van der Waals surface area contributed by atoms with Gasteiger partial charge in [0.05, 0.1) is 6.04 Å². The van der Waals surface area contributed by atoms with Crippen LogP contribution < -0.4 is 0 Å². The molecule has 0 radical (unpaired) electrons. The van der Waals surface area contributed by atoms with Crippen LogP contribution in [0.1, 0.15) is 47.0 Å². The highest BCUT2D eigenvalue weighted by Crippen LogP contribution is 2.23. The quantitative estimate of drug-likeness (QED) is 0.800. The smallest absolute Gasteiger partial charge is 0.410 e. The predicted octanol–water partition coefficient (Wildman–Crippen LogP) is 2.81. The molecule has 0 aromatic carbocycles. The molecule has 1 fully saturated rings. The number of aliphatic carboxylic acids is 1. The molecule has 1 atom stereocenters. The van der Waals surface area contributed by atoms with E-state index in [1.165, 1.54) is 0 Å². The Bertz CT molecular complexity index is 381. The topological polar surface area (TPSA) is 66.8 Å². The third kappa shape index (κ3) is 4.58. The molecule has 1 heterocycles. The van der Waals surface area contributed by atoms with Gasteiger partial charge in [0.2, 0.25) is 0 Å². The van der Waals surface area contributed by atoms with E-state index in [1.54, 1.807) is 17.9 Å². The lowest BCUT2D eigenvalue weighted by atomic mass is 10.1. The fourth-order valence-corrected chi connectivity index (χ4v) is 2.09. The van der Waals surface area contributed by atoms with Crippen LogP contribution in [0.15, 0.2) is 11.6 Å². The maximum Gasteiger partial charge on any atom is 0.410 e. The van der Waals surface area contributed by atoms with Crippen molar-refractivity contribution in [1.82, 2.24) is 4.90 Å². The first-order chi connectivity index (χ1) is 8.74. The third-order valence-corrected chi connectivity index (χ3v) is 2.98. The van der Waals surface area contributed by atoms with Crippen molar-refractivity contribution in [3.63, 3.8) is 0 Å². The highest BCUT2D eigenvalue weighted by molar-refractivity contribution is 5.86. The number of likely N-dealkylation sites (tertiary alicyclic amines) is 1. The number of amides is 1. The van der Waals surface area contributed by atoms with Crippen molar-refractivity contribution in [2.45, 2.75) is 58.6 Å². The zero-order valence-corrected chi connectivity index (χ0v) is 12.1. The molecule has 0 aliphatic carbocycles. The van der Waals surface area contributed by atoms with Crippen LogP contribution in [-0.4, -0.2) is 40.3 Å². The van der Waals surface area contributed by atoms with E-state index in [0.29, 0.717) is 18.5 Å². The van der Waals surface area contributed by atoms with Gasteiger partial charge in [0.1, 0.15) is 5.60 Å². The number of nitrogens with zero attached hydrogens (tertiary/aromatic N) is 1. The SMILES string of the molecule is CCC(=CC1CCCN1C(=O)OC(C)(C)C)C(=O)O. The van der Waals surface area contributed by atoms with Gasteiger partial charge in [-0.05, 0) is 40.0 Å².